The van der Waals surface area contributed by atoms with Gasteiger partial charge in [0.2, 0.25) is 0 Å². The highest BCUT2D eigenvalue weighted by molar-refractivity contribution is 6.60. The van der Waals surface area contributed by atoms with Gasteiger partial charge in [-0.25, -0.2) is 0 Å². The number of aliphatic hydroxyl groups excluding tert-OH is 4. The molecule has 2 atom stereocenters. The maximum absolute atomic E-state index is 10.4. The van der Waals surface area contributed by atoms with E-state index in [1.807, 2.05) is 0 Å². The van der Waals surface area contributed by atoms with Gasteiger partial charge in [-0.2, -0.15) is 0 Å². The number of hydrogen-bond donors (Lipinski definition) is 4. The van der Waals surface area contributed by atoms with E-state index in [0.29, 0.717) is 38.1 Å². The Morgan fingerprint density at radius 3 is 1.22 bits per heavy atom. The number of hydrogen-bond acceptors (Lipinski definition) is 13. The number of nitrogens with zero attached hydrogens (tertiary/aromatic N) is 1. The zero-order chi connectivity index (χ0) is 27.5. The van der Waals surface area contributed by atoms with Crippen molar-refractivity contribution in [2.45, 2.75) is 43.2 Å². The maximum atomic E-state index is 10.4. The van der Waals surface area contributed by atoms with E-state index in [2.05, 4.69) is 0 Å². The van der Waals surface area contributed by atoms with Gasteiger partial charge in [-0.3, -0.25) is 4.90 Å². The minimum atomic E-state index is -2.66. The van der Waals surface area contributed by atoms with E-state index >= 15 is 0 Å². The quantitative estimate of drug-likeness (QED) is 0.0787. The van der Waals surface area contributed by atoms with Crippen LogP contribution in [0.5, 0.6) is 0 Å². The van der Waals surface area contributed by atoms with Crippen molar-refractivity contribution in [1.29, 1.82) is 0 Å². The monoisotopic (exact) mass is 563 g/mol. The lowest BCUT2D eigenvalue weighted by Gasteiger charge is -2.32. The molecule has 2 unspecified atom stereocenters. The molecule has 0 saturated heterocycles. The highest BCUT2D eigenvalue weighted by atomic mass is 28.4. The third-order valence-corrected chi connectivity index (χ3v) is 11.5. The first-order valence-corrected chi connectivity index (χ1v) is 15.9. The highest BCUT2D eigenvalue weighted by Gasteiger charge is 2.37. The third-order valence-electron chi connectivity index (χ3n) is 5.86. The van der Waals surface area contributed by atoms with E-state index in [1.165, 1.54) is 0 Å². The molecule has 13 nitrogen and oxygen atoms in total. The average Bonchev–Trinajstić information content (AvgIpc) is 2.89. The summed E-state index contributed by atoms with van der Waals surface area (Å²) in [5, 5.41) is 40.1. The van der Waals surface area contributed by atoms with Crippen LogP contribution in [-0.4, -0.2) is 157 Å². The molecule has 0 bridgehead atoms. The van der Waals surface area contributed by atoms with E-state index in [9.17, 15) is 20.4 Å². The van der Waals surface area contributed by atoms with Crippen molar-refractivity contribution in [3.63, 3.8) is 0 Å². The van der Waals surface area contributed by atoms with Gasteiger partial charge in [0.25, 0.3) is 0 Å². The predicted octanol–water partition coefficient (Wildman–Crippen LogP) is -1.07. The van der Waals surface area contributed by atoms with E-state index in [0.717, 1.165) is 0 Å². The van der Waals surface area contributed by atoms with E-state index in [-0.39, 0.29) is 39.5 Å². The van der Waals surface area contributed by atoms with Gasteiger partial charge in [0.15, 0.2) is 0 Å². The lowest BCUT2D eigenvalue weighted by molar-refractivity contribution is -0.0363. The van der Waals surface area contributed by atoms with Gasteiger partial charge in [-0.1, -0.05) is 0 Å². The van der Waals surface area contributed by atoms with Crippen molar-refractivity contribution in [2.75, 3.05) is 95.4 Å². The van der Waals surface area contributed by atoms with Crippen LogP contribution in [-0.2, 0) is 36.0 Å². The summed E-state index contributed by atoms with van der Waals surface area (Å²) in [6.45, 7) is 0.401. The fraction of sp³-hybridized carbons (Fsp3) is 1.00. The zero-order valence-corrected chi connectivity index (χ0v) is 24.7. The van der Waals surface area contributed by atoms with Crippen LogP contribution < -0.4 is 0 Å². The standard InChI is InChI=1S/C21H49NO12Si2/c1-27-35(28-2,29-3)11-7-9-33-17-20(25)13-22(19(15-23)16-24)14-21(26)18-34-10-8-12-36(30-4,31-5)32-6/h19-21,23-26H,7-18H2,1-6H3. The minimum Gasteiger partial charge on any atom is -0.395 e. The normalized spacial score (nSPS) is 14.7. The van der Waals surface area contributed by atoms with Crippen LogP contribution in [0.3, 0.4) is 0 Å². The molecule has 0 radical (unpaired) electrons. The van der Waals surface area contributed by atoms with Gasteiger partial charge < -0.3 is 56.5 Å². The molecule has 0 rings (SSSR count). The molecule has 0 spiro atoms. The predicted molar refractivity (Wildman–Crippen MR) is 136 cm³/mol. The molecule has 218 valence electrons. The molecule has 0 aromatic heterocycles. The van der Waals surface area contributed by atoms with Crippen molar-refractivity contribution < 1.29 is 56.5 Å². The molecule has 0 aromatic carbocycles. The maximum Gasteiger partial charge on any atom is 0.500 e. The second kappa shape index (κ2) is 20.8. The summed E-state index contributed by atoms with van der Waals surface area (Å²) in [4.78, 5) is 1.62. The summed E-state index contributed by atoms with van der Waals surface area (Å²) in [5.74, 6) is 0. The number of rotatable bonds is 25. The zero-order valence-electron chi connectivity index (χ0n) is 22.7. The fourth-order valence-corrected chi connectivity index (χ4v) is 7.02. The first kappa shape index (κ1) is 35.9. The van der Waals surface area contributed by atoms with Crippen LogP contribution in [0.4, 0.5) is 0 Å². The van der Waals surface area contributed by atoms with Crippen LogP contribution in [0.25, 0.3) is 0 Å². The summed E-state index contributed by atoms with van der Waals surface area (Å²) in [7, 11) is 3.97. The summed E-state index contributed by atoms with van der Waals surface area (Å²) in [6.07, 6.45) is -0.508. The Morgan fingerprint density at radius 2 is 0.944 bits per heavy atom. The highest BCUT2D eigenvalue weighted by Crippen LogP contribution is 2.16. The molecule has 0 aliphatic heterocycles. The summed E-state index contributed by atoms with van der Waals surface area (Å²) < 4.78 is 43.3. The van der Waals surface area contributed by atoms with Crippen molar-refractivity contribution in [3.8, 4) is 0 Å². The van der Waals surface area contributed by atoms with Gasteiger partial charge >= 0.3 is 17.6 Å². The first-order chi connectivity index (χ1) is 17.2. The molecular formula is C21H49NO12Si2. The lowest BCUT2D eigenvalue weighted by Crippen LogP contribution is -2.49. The van der Waals surface area contributed by atoms with E-state index < -0.39 is 35.9 Å². The second-order valence-electron chi connectivity index (χ2n) is 8.23. The minimum absolute atomic E-state index is 0.0539. The molecule has 0 aliphatic carbocycles. The van der Waals surface area contributed by atoms with Crippen LogP contribution in [0.1, 0.15) is 12.8 Å². The largest absolute Gasteiger partial charge is 0.500 e. The molecular weight excluding hydrogens is 514 g/mol. The molecule has 0 saturated carbocycles. The molecule has 0 fully saturated rings. The van der Waals surface area contributed by atoms with Crippen molar-refractivity contribution in [1.82, 2.24) is 4.90 Å². The molecule has 0 aromatic rings. The van der Waals surface area contributed by atoms with Crippen LogP contribution >= 0.6 is 0 Å². The first-order valence-electron chi connectivity index (χ1n) is 12.0. The Labute approximate surface area is 217 Å². The molecule has 0 amide bonds. The van der Waals surface area contributed by atoms with Crippen LogP contribution in [0.15, 0.2) is 0 Å². The van der Waals surface area contributed by atoms with Gasteiger partial charge in [-0.05, 0) is 12.8 Å². The smallest absolute Gasteiger partial charge is 0.395 e. The van der Waals surface area contributed by atoms with Crippen molar-refractivity contribution in [3.05, 3.63) is 0 Å². The Balaban J connectivity index is 4.49. The number of aliphatic hydroxyl groups is 4. The fourth-order valence-electron chi connectivity index (χ4n) is 3.64. The molecule has 36 heavy (non-hydrogen) atoms. The van der Waals surface area contributed by atoms with Gasteiger partial charge in [0.05, 0.1) is 44.7 Å². The molecule has 15 heteroatoms. The SMILES string of the molecule is CO[Si](CCCOCC(O)CN(CC(O)COCCC[Si](OC)(OC)OC)C(CO)CO)(OC)OC. The Morgan fingerprint density at radius 1 is 0.611 bits per heavy atom. The molecule has 0 heterocycles. The summed E-state index contributed by atoms with van der Waals surface area (Å²) >= 11 is 0. The van der Waals surface area contributed by atoms with E-state index in [1.54, 1.807) is 47.6 Å². The van der Waals surface area contributed by atoms with E-state index in [4.69, 9.17) is 36.0 Å². The van der Waals surface area contributed by atoms with Gasteiger partial charge in [-0.15, -0.1) is 0 Å². The third kappa shape index (κ3) is 13.6. The summed E-state index contributed by atoms with van der Waals surface area (Å²) in [5.41, 5.74) is 0. The Kier molecular flexibility index (Phi) is 20.8. The average molecular weight is 564 g/mol. The lowest BCUT2D eigenvalue weighted by atomic mass is 10.2. The Bertz CT molecular complexity index is 459. The van der Waals surface area contributed by atoms with Gasteiger partial charge in [0, 0.05) is 81.1 Å². The van der Waals surface area contributed by atoms with Crippen LogP contribution in [0.2, 0.25) is 12.1 Å². The second-order valence-corrected chi connectivity index (χ2v) is 14.4. The van der Waals surface area contributed by atoms with Gasteiger partial charge in [0.1, 0.15) is 0 Å². The number of ether oxygens (including phenoxy) is 2. The van der Waals surface area contributed by atoms with Crippen LogP contribution in [0, 0.1) is 0 Å². The molecule has 4 N–H and O–H groups in total. The summed E-state index contributed by atoms with van der Waals surface area (Å²) in [6, 6.07) is 0.518. The Hall–Kier alpha value is -0.0862. The topological polar surface area (TPSA) is 158 Å². The van der Waals surface area contributed by atoms with Crippen molar-refractivity contribution >= 4 is 17.6 Å². The van der Waals surface area contributed by atoms with Crippen molar-refractivity contribution in [2.24, 2.45) is 0 Å². The molecule has 0 aliphatic rings.